The van der Waals surface area contributed by atoms with Gasteiger partial charge in [0.05, 0.1) is 23.5 Å². The van der Waals surface area contributed by atoms with E-state index in [2.05, 4.69) is 66.8 Å². The van der Waals surface area contributed by atoms with Gasteiger partial charge in [-0.15, -0.1) is 0 Å². The summed E-state index contributed by atoms with van der Waals surface area (Å²) in [7, 11) is 0. The van der Waals surface area contributed by atoms with Crippen LogP contribution in [0.25, 0.3) is 5.69 Å². The van der Waals surface area contributed by atoms with Crippen LogP contribution in [0.5, 0.6) is 0 Å². The highest BCUT2D eigenvalue weighted by atomic mass is 32.1. The molecule has 1 saturated heterocycles. The minimum absolute atomic E-state index is 0.221. The Bertz CT molecular complexity index is 1380. The second kappa shape index (κ2) is 8.69. The van der Waals surface area contributed by atoms with Crippen LogP contribution in [0.3, 0.4) is 0 Å². The zero-order valence-electron chi connectivity index (χ0n) is 19.7. The average molecular weight is 471 g/mol. The van der Waals surface area contributed by atoms with Crippen molar-refractivity contribution >= 4 is 23.0 Å². The van der Waals surface area contributed by atoms with Gasteiger partial charge in [0.15, 0.2) is 5.11 Å². The second-order valence-corrected chi connectivity index (χ2v) is 9.22. The third-order valence-electron chi connectivity index (χ3n) is 6.82. The molecule has 1 N–H and O–H groups in total. The molecule has 2 unspecified atom stereocenters. The predicted octanol–water partition coefficient (Wildman–Crippen LogP) is 6.42. The fraction of sp³-hybridized carbons (Fsp3) is 0.214. The molecule has 3 heterocycles. The molecule has 1 aliphatic rings. The monoisotopic (exact) mass is 470 g/mol. The number of nitrogens with one attached hydrogen (secondary N) is 1. The molecule has 6 heteroatoms. The number of hydrogen-bond acceptors (Lipinski definition) is 2. The highest BCUT2D eigenvalue weighted by Gasteiger charge is 2.43. The molecule has 0 amide bonds. The van der Waals surface area contributed by atoms with Crippen molar-refractivity contribution in [1.82, 2.24) is 14.9 Å². The number of hydrogen-bond donors (Lipinski definition) is 1. The van der Waals surface area contributed by atoms with Crippen molar-refractivity contribution < 1.29 is 4.39 Å². The quantitative estimate of drug-likeness (QED) is 0.349. The van der Waals surface area contributed by atoms with E-state index in [9.17, 15) is 0 Å². The Kier molecular flexibility index (Phi) is 5.70. The van der Waals surface area contributed by atoms with Gasteiger partial charge in [-0.3, -0.25) is 4.98 Å². The van der Waals surface area contributed by atoms with E-state index in [4.69, 9.17) is 12.2 Å². The molecule has 172 valence electrons. The maximum Gasteiger partial charge on any atom is 0.174 e. The lowest BCUT2D eigenvalue weighted by Crippen LogP contribution is -2.30. The Balaban J connectivity index is 1.72. The fourth-order valence-electron chi connectivity index (χ4n) is 5.01. The maximum absolute atomic E-state index is 15.0. The highest BCUT2D eigenvalue weighted by molar-refractivity contribution is 7.80. The third kappa shape index (κ3) is 3.59. The van der Waals surface area contributed by atoms with Gasteiger partial charge in [0, 0.05) is 23.3 Å². The minimum Gasteiger partial charge on any atom is -0.351 e. The van der Waals surface area contributed by atoms with Crippen molar-refractivity contribution in [3.05, 3.63) is 113 Å². The van der Waals surface area contributed by atoms with Crippen molar-refractivity contribution in [3.63, 3.8) is 0 Å². The Hall–Kier alpha value is -3.51. The van der Waals surface area contributed by atoms with Crippen LogP contribution in [0, 0.1) is 33.5 Å². The van der Waals surface area contributed by atoms with Crippen molar-refractivity contribution in [3.8, 4) is 5.69 Å². The number of halogens is 1. The van der Waals surface area contributed by atoms with Gasteiger partial charge in [0.25, 0.3) is 0 Å². The summed E-state index contributed by atoms with van der Waals surface area (Å²) in [6, 6.07) is 20.7. The molecule has 0 aliphatic carbocycles. The first-order valence-electron chi connectivity index (χ1n) is 11.4. The normalized spacial score (nSPS) is 17.8. The number of benzene rings is 2. The lowest BCUT2D eigenvalue weighted by Gasteiger charge is -2.28. The number of nitrogens with zero attached hydrogens (tertiary/aromatic N) is 3. The average Bonchev–Trinajstić information content (AvgIpc) is 3.32. The van der Waals surface area contributed by atoms with Crippen LogP contribution in [0.2, 0.25) is 0 Å². The van der Waals surface area contributed by atoms with E-state index in [1.54, 1.807) is 18.3 Å². The summed E-state index contributed by atoms with van der Waals surface area (Å²) < 4.78 is 17.3. The molecule has 2 aromatic heterocycles. The van der Waals surface area contributed by atoms with Crippen molar-refractivity contribution in [2.24, 2.45) is 0 Å². The molecule has 0 saturated carbocycles. The van der Waals surface area contributed by atoms with Gasteiger partial charge in [0.1, 0.15) is 5.82 Å². The van der Waals surface area contributed by atoms with Crippen LogP contribution in [-0.4, -0.2) is 14.7 Å². The van der Waals surface area contributed by atoms with Crippen molar-refractivity contribution in [2.75, 3.05) is 4.90 Å². The Morgan fingerprint density at radius 2 is 1.65 bits per heavy atom. The summed E-state index contributed by atoms with van der Waals surface area (Å²) in [4.78, 5) is 6.52. The van der Waals surface area contributed by atoms with Crippen LogP contribution >= 0.6 is 12.2 Å². The lowest BCUT2D eigenvalue weighted by molar-refractivity contribution is 0.556. The number of rotatable bonds is 4. The molecular weight excluding hydrogens is 443 g/mol. The van der Waals surface area contributed by atoms with E-state index in [0.717, 1.165) is 28.3 Å². The first kappa shape index (κ1) is 22.3. The molecule has 4 aromatic rings. The van der Waals surface area contributed by atoms with Crippen LogP contribution in [-0.2, 0) is 0 Å². The largest absolute Gasteiger partial charge is 0.351 e. The first-order chi connectivity index (χ1) is 16.4. The molecule has 2 aromatic carbocycles. The summed E-state index contributed by atoms with van der Waals surface area (Å²) >= 11 is 5.76. The predicted molar refractivity (Wildman–Crippen MR) is 139 cm³/mol. The summed E-state index contributed by atoms with van der Waals surface area (Å²) in [6.45, 7) is 8.52. The summed E-state index contributed by atoms with van der Waals surface area (Å²) in [5.41, 5.74) is 8.27. The van der Waals surface area contributed by atoms with Gasteiger partial charge in [0.2, 0.25) is 0 Å². The molecule has 5 rings (SSSR count). The van der Waals surface area contributed by atoms with Crippen LogP contribution in [0.1, 0.15) is 45.9 Å². The number of aryl methyl sites for hydroxylation is 2. The van der Waals surface area contributed by atoms with Gasteiger partial charge in [-0.25, -0.2) is 4.39 Å². The van der Waals surface area contributed by atoms with Gasteiger partial charge in [-0.1, -0.05) is 30.3 Å². The summed E-state index contributed by atoms with van der Waals surface area (Å²) in [6.07, 6.45) is 1.78. The molecule has 1 fully saturated rings. The van der Waals surface area contributed by atoms with E-state index in [0.29, 0.717) is 10.8 Å². The molecular formula is C28H27FN4S. The molecule has 0 radical (unpaired) electrons. The zero-order chi connectivity index (χ0) is 24.0. The summed E-state index contributed by atoms with van der Waals surface area (Å²) in [5, 5.41) is 3.92. The minimum atomic E-state index is -0.304. The van der Waals surface area contributed by atoms with Gasteiger partial charge in [-0.05, 0) is 93.0 Å². The number of anilines is 1. The molecule has 4 nitrogen and oxygen atoms in total. The van der Waals surface area contributed by atoms with Gasteiger partial charge in [-0.2, -0.15) is 0 Å². The summed E-state index contributed by atoms with van der Waals surface area (Å²) in [5.74, 6) is -0.304. The second-order valence-electron chi connectivity index (χ2n) is 8.83. The van der Waals surface area contributed by atoms with Gasteiger partial charge < -0.3 is 14.8 Å². The molecule has 0 bridgehead atoms. The van der Waals surface area contributed by atoms with Crippen molar-refractivity contribution in [2.45, 2.75) is 39.8 Å². The molecule has 0 spiro atoms. The first-order valence-corrected chi connectivity index (χ1v) is 11.8. The fourth-order valence-corrected chi connectivity index (χ4v) is 5.35. The Morgan fingerprint density at radius 1 is 0.912 bits per heavy atom. The number of pyridine rings is 1. The van der Waals surface area contributed by atoms with E-state index < -0.39 is 0 Å². The maximum atomic E-state index is 15.0. The SMILES string of the molecule is Cc1cccc(-n2c(C)cc(C3C(c4ccccn4)NC(=S)N3c3ccccc3F)c2C)c1C. The topological polar surface area (TPSA) is 33.1 Å². The van der Waals surface area contributed by atoms with E-state index in [-0.39, 0.29) is 17.9 Å². The molecule has 1 aliphatic heterocycles. The smallest absolute Gasteiger partial charge is 0.174 e. The van der Waals surface area contributed by atoms with Crippen LogP contribution < -0.4 is 10.2 Å². The Labute approximate surface area is 205 Å². The molecule has 34 heavy (non-hydrogen) atoms. The Morgan fingerprint density at radius 3 is 2.38 bits per heavy atom. The van der Waals surface area contributed by atoms with E-state index >= 15 is 4.39 Å². The number of para-hydroxylation sites is 1. The third-order valence-corrected chi connectivity index (χ3v) is 7.13. The number of aromatic nitrogens is 2. The van der Waals surface area contributed by atoms with Crippen LogP contribution in [0.4, 0.5) is 10.1 Å². The highest BCUT2D eigenvalue weighted by Crippen LogP contribution is 2.44. The van der Waals surface area contributed by atoms with E-state index in [1.165, 1.54) is 17.2 Å². The van der Waals surface area contributed by atoms with Gasteiger partial charge >= 0.3 is 0 Å². The zero-order valence-corrected chi connectivity index (χ0v) is 20.5. The lowest BCUT2D eigenvalue weighted by atomic mass is 9.96. The van der Waals surface area contributed by atoms with Crippen molar-refractivity contribution in [1.29, 1.82) is 0 Å². The van der Waals surface area contributed by atoms with Crippen LogP contribution in [0.15, 0.2) is 72.9 Å². The standard InChI is InChI=1S/C28H27FN4S/c1-17-10-9-14-24(19(17)3)32-18(2)16-21(20(32)4)27-26(23-12-7-8-15-30-23)31-28(34)33(27)25-13-6-5-11-22(25)29/h5-16,26-27H,1-4H3,(H,31,34). The molecule has 2 atom stereocenters. The van der Waals surface area contributed by atoms with E-state index in [1.807, 2.05) is 29.2 Å². The number of thiocarbonyl (C=S) groups is 1.